The fraction of sp³-hybridized carbons (Fsp3) is 0.188. The third-order valence-corrected chi connectivity index (χ3v) is 5.03. The molecule has 0 atom stereocenters. The Labute approximate surface area is 149 Å². The quantitative estimate of drug-likeness (QED) is 0.484. The number of carbonyl (C=O) groups excluding carboxylic acids is 1. The molecule has 0 saturated carbocycles. The molecule has 0 aromatic heterocycles. The lowest BCUT2D eigenvalue weighted by Gasteiger charge is -2.08. The number of nitrogens with one attached hydrogen (secondary N) is 1. The number of hydrogen-bond acceptors (Lipinski definition) is 2. The third kappa shape index (κ3) is 5.40. The van der Waals surface area contributed by atoms with Crippen molar-refractivity contribution in [1.29, 1.82) is 0 Å². The van der Waals surface area contributed by atoms with Crippen LogP contribution < -0.4 is 5.32 Å². The smallest absolute Gasteiger partial charge is 0.224 e. The molecule has 0 saturated heterocycles. The predicted molar refractivity (Wildman–Crippen MR) is 96.5 cm³/mol. The summed E-state index contributed by atoms with van der Waals surface area (Å²) in [4.78, 5) is 13.0. The van der Waals surface area contributed by atoms with Crippen LogP contribution in [0.4, 0.5) is 5.69 Å². The van der Waals surface area contributed by atoms with Crippen LogP contribution in [0.3, 0.4) is 0 Å². The maximum Gasteiger partial charge on any atom is 0.224 e. The summed E-state index contributed by atoms with van der Waals surface area (Å²) in [6, 6.07) is 12.8. The molecule has 2 aromatic carbocycles. The van der Waals surface area contributed by atoms with E-state index < -0.39 is 0 Å². The number of halogens is 3. The summed E-state index contributed by atoms with van der Waals surface area (Å²) in [5.74, 6) is 0.791. The van der Waals surface area contributed by atoms with Crippen molar-refractivity contribution in [1.82, 2.24) is 0 Å². The van der Waals surface area contributed by atoms with Gasteiger partial charge in [0.1, 0.15) is 0 Å². The number of carbonyl (C=O) groups is 1. The summed E-state index contributed by atoms with van der Waals surface area (Å²) < 4.78 is 0. The van der Waals surface area contributed by atoms with Gasteiger partial charge >= 0.3 is 0 Å². The van der Waals surface area contributed by atoms with Crippen molar-refractivity contribution >= 4 is 58.2 Å². The summed E-state index contributed by atoms with van der Waals surface area (Å²) >= 11 is 19.5. The molecule has 1 N–H and O–H groups in total. The van der Waals surface area contributed by atoms with E-state index in [1.807, 2.05) is 24.3 Å². The predicted octanol–water partition coefficient (Wildman–Crippen LogP) is 6.16. The minimum Gasteiger partial charge on any atom is -0.325 e. The van der Waals surface area contributed by atoms with Crippen molar-refractivity contribution in [2.75, 3.05) is 11.1 Å². The van der Waals surface area contributed by atoms with Crippen molar-refractivity contribution in [3.05, 3.63) is 57.5 Å². The van der Waals surface area contributed by atoms with Crippen molar-refractivity contribution in [2.45, 2.75) is 17.7 Å². The van der Waals surface area contributed by atoms with Gasteiger partial charge in [-0.15, -0.1) is 11.8 Å². The van der Waals surface area contributed by atoms with Crippen LogP contribution >= 0.6 is 46.6 Å². The highest BCUT2D eigenvalue weighted by Crippen LogP contribution is 2.29. The second kappa shape index (κ2) is 8.68. The van der Waals surface area contributed by atoms with Crippen LogP contribution in [0.5, 0.6) is 0 Å². The van der Waals surface area contributed by atoms with Crippen LogP contribution in [0.2, 0.25) is 15.1 Å². The summed E-state index contributed by atoms with van der Waals surface area (Å²) in [5, 5.41) is 4.30. The van der Waals surface area contributed by atoms with E-state index in [9.17, 15) is 4.79 Å². The van der Waals surface area contributed by atoms with Crippen molar-refractivity contribution < 1.29 is 4.79 Å². The Morgan fingerprint density at radius 2 is 1.77 bits per heavy atom. The first-order valence-corrected chi connectivity index (χ1v) is 8.80. The minimum absolute atomic E-state index is 0.0686. The molecule has 1 amide bonds. The molecule has 6 heteroatoms. The Balaban J connectivity index is 1.74. The van der Waals surface area contributed by atoms with Gasteiger partial charge in [-0.2, -0.15) is 0 Å². The zero-order valence-corrected chi connectivity index (χ0v) is 14.7. The third-order valence-electron chi connectivity index (χ3n) is 2.86. The van der Waals surface area contributed by atoms with Gasteiger partial charge in [0.05, 0.1) is 15.7 Å². The standard InChI is InChI=1S/C16H14Cl3NOS/c17-11-6-8-12(9-7-11)22-10-2-5-15(21)20-14-4-1-3-13(18)16(14)19/h1,3-4,6-9H,2,5,10H2,(H,20,21). The van der Waals surface area contributed by atoms with E-state index >= 15 is 0 Å². The molecule has 0 aliphatic rings. The number of benzene rings is 2. The largest absolute Gasteiger partial charge is 0.325 e. The molecule has 0 fully saturated rings. The Bertz CT molecular complexity index is 646. The molecule has 116 valence electrons. The van der Waals surface area contributed by atoms with E-state index in [4.69, 9.17) is 34.8 Å². The molecule has 0 aliphatic carbocycles. The molecule has 0 unspecified atom stereocenters. The van der Waals surface area contributed by atoms with Crippen molar-refractivity contribution in [3.63, 3.8) is 0 Å². The van der Waals surface area contributed by atoms with Crippen LogP contribution in [0.25, 0.3) is 0 Å². The molecule has 22 heavy (non-hydrogen) atoms. The molecule has 2 aromatic rings. The lowest BCUT2D eigenvalue weighted by atomic mass is 10.3. The molecular formula is C16H14Cl3NOS. The second-order valence-electron chi connectivity index (χ2n) is 4.56. The number of thioether (sulfide) groups is 1. The first-order valence-electron chi connectivity index (χ1n) is 6.68. The normalized spacial score (nSPS) is 10.5. The van der Waals surface area contributed by atoms with Gasteiger partial charge in [0.15, 0.2) is 0 Å². The summed E-state index contributed by atoms with van der Waals surface area (Å²) in [6.07, 6.45) is 1.21. The van der Waals surface area contributed by atoms with Crippen LogP contribution in [0, 0.1) is 0 Å². The van der Waals surface area contributed by atoms with Gasteiger partial charge in [0, 0.05) is 16.3 Å². The highest BCUT2D eigenvalue weighted by Gasteiger charge is 2.08. The zero-order valence-electron chi connectivity index (χ0n) is 11.6. The lowest BCUT2D eigenvalue weighted by Crippen LogP contribution is -2.11. The van der Waals surface area contributed by atoms with E-state index in [1.54, 1.807) is 30.0 Å². The molecule has 0 spiro atoms. The van der Waals surface area contributed by atoms with E-state index in [2.05, 4.69) is 5.32 Å². The fourth-order valence-corrected chi connectivity index (χ4v) is 3.09. The monoisotopic (exact) mass is 373 g/mol. The zero-order chi connectivity index (χ0) is 15.9. The van der Waals surface area contributed by atoms with Gasteiger partial charge in [-0.05, 0) is 48.6 Å². The van der Waals surface area contributed by atoms with Crippen LogP contribution in [-0.2, 0) is 4.79 Å². The Morgan fingerprint density at radius 3 is 2.50 bits per heavy atom. The van der Waals surface area contributed by atoms with Gasteiger partial charge in [-0.1, -0.05) is 40.9 Å². The second-order valence-corrected chi connectivity index (χ2v) is 6.95. The van der Waals surface area contributed by atoms with Crippen molar-refractivity contribution in [3.8, 4) is 0 Å². The molecule has 0 bridgehead atoms. The average Bonchev–Trinajstić information content (AvgIpc) is 2.50. The van der Waals surface area contributed by atoms with E-state index in [1.165, 1.54) is 0 Å². The molecule has 0 heterocycles. The molecule has 2 nitrogen and oxygen atoms in total. The van der Waals surface area contributed by atoms with Gasteiger partial charge < -0.3 is 5.32 Å². The van der Waals surface area contributed by atoms with Crippen LogP contribution in [0.1, 0.15) is 12.8 Å². The van der Waals surface area contributed by atoms with E-state index in [0.717, 1.165) is 22.1 Å². The molecule has 2 rings (SSSR count). The highest BCUT2D eigenvalue weighted by atomic mass is 35.5. The number of rotatable bonds is 6. The molecule has 0 aliphatic heterocycles. The summed E-state index contributed by atoms with van der Waals surface area (Å²) in [5.41, 5.74) is 0.546. The van der Waals surface area contributed by atoms with Gasteiger partial charge in [-0.25, -0.2) is 0 Å². The Hall–Kier alpha value is -0.870. The van der Waals surface area contributed by atoms with Gasteiger partial charge in [0.25, 0.3) is 0 Å². The number of amides is 1. The van der Waals surface area contributed by atoms with Gasteiger partial charge in [0.2, 0.25) is 5.91 Å². The first kappa shape index (κ1) is 17.5. The fourth-order valence-electron chi connectivity index (χ4n) is 1.77. The first-order chi connectivity index (χ1) is 10.6. The Morgan fingerprint density at radius 1 is 1.05 bits per heavy atom. The average molecular weight is 375 g/mol. The van der Waals surface area contributed by atoms with Gasteiger partial charge in [-0.3, -0.25) is 4.79 Å². The minimum atomic E-state index is -0.0686. The number of hydrogen-bond donors (Lipinski definition) is 1. The molecular weight excluding hydrogens is 361 g/mol. The lowest BCUT2D eigenvalue weighted by molar-refractivity contribution is -0.116. The van der Waals surface area contributed by atoms with Crippen LogP contribution in [-0.4, -0.2) is 11.7 Å². The van der Waals surface area contributed by atoms with Crippen LogP contribution in [0.15, 0.2) is 47.4 Å². The summed E-state index contributed by atoms with van der Waals surface area (Å²) in [7, 11) is 0. The molecule has 0 radical (unpaired) electrons. The SMILES string of the molecule is O=C(CCCSc1ccc(Cl)cc1)Nc1cccc(Cl)c1Cl. The van der Waals surface area contributed by atoms with E-state index in [0.29, 0.717) is 22.2 Å². The van der Waals surface area contributed by atoms with Crippen molar-refractivity contribution in [2.24, 2.45) is 0 Å². The number of anilines is 1. The van der Waals surface area contributed by atoms with E-state index in [-0.39, 0.29) is 5.91 Å². The highest BCUT2D eigenvalue weighted by molar-refractivity contribution is 7.99. The maximum atomic E-state index is 11.9. The summed E-state index contributed by atoms with van der Waals surface area (Å²) in [6.45, 7) is 0. The Kier molecular flexibility index (Phi) is 6.90. The topological polar surface area (TPSA) is 29.1 Å². The maximum absolute atomic E-state index is 11.9.